The smallest absolute Gasteiger partial charge is 0.410 e. The molecule has 1 aromatic rings. The minimum Gasteiger partial charge on any atom is -0.503 e. The lowest BCUT2D eigenvalue weighted by Crippen LogP contribution is -2.49. The molecule has 150 valence electrons. The van der Waals surface area contributed by atoms with Crippen LogP contribution in [0.25, 0.3) is 0 Å². The van der Waals surface area contributed by atoms with E-state index in [-0.39, 0.29) is 12.6 Å². The predicted molar refractivity (Wildman–Crippen MR) is 95.3 cm³/mol. The van der Waals surface area contributed by atoms with Crippen molar-refractivity contribution in [1.82, 2.24) is 19.6 Å². The van der Waals surface area contributed by atoms with Crippen molar-refractivity contribution in [3.8, 4) is 5.75 Å². The second-order valence-electron chi connectivity index (χ2n) is 7.30. The number of esters is 1. The van der Waals surface area contributed by atoms with Gasteiger partial charge in [-0.05, 0) is 20.8 Å². The molecule has 1 aromatic heterocycles. The molecule has 10 heteroatoms. The van der Waals surface area contributed by atoms with Crippen LogP contribution in [0.5, 0.6) is 5.75 Å². The Labute approximate surface area is 157 Å². The Bertz CT molecular complexity index is 747. The molecule has 27 heavy (non-hydrogen) atoms. The fraction of sp³-hybridized carbons (Fsp3) is 0.647. The van der Waals surface area contributed by atoms with E-state index in [2.05, 4.69) is 9.84 Å². The van der Waals surface area contributed by atoms with Crippen LogP contribution in [0.3, 0.4) is 0 Å². The van der Waals surface area contributed by atoms with Gasteiger partial charge < -0.3 is 19.5 Å². The van der Waals surface area contributed by atoms with E-state index >= 15 is 0 Å². The topological polar surface area (TPSA) is 114 Å². The summed E-state index contributed by atoms with van der Waals surface area (Å²) in [6.07, 6.45) is 1.01. The van der Waals surface area contributed by atoms with Crippen molar-refractivity contribution >= 4 is 12.1 Å². The second-order valence-corrected chi connectivity index (χ2v) is 7.30. The average molecular weight is 382 g/mol. The number of aromatic nitrogens is 2. The number of hydrogen-bond donors (Lipinski definition) is 1. The lowest BCUT2D eigenvalue weighted by atomic mass is 10.2. The molecule has 0 radical (unpaired) electrons. The normalized spacial score (nSPS) is 15.5. The molecule has 1 aliphatic heterocycles. The van der Waals surface area contributed by atoms with Gasteiger partial charge in [-0.1, -0.05) is 0 Å². The van der Waals surface area contributed by atoms with Gasteiger partial charge in [-0.25, -0.2) is 9.48 Å². The van der Waals surface area contributed by atoms with Crippen molar-refractivity contribution in [1.29, 1.82) is 0 Å². The van der Waals surface area contributed by atoms with Crippen LogP contribution < -0.4 is 5.56 Å². The summed E-state index contributed by atoms with van der Waals surface area (Å²) in [7, 11) is 1.21. The number of methoxy groups -OCH3 is 1. The van der Waals surface area contributed by atoms with E-state index in [0.29, 0.717) is 38.3 Å². The Morgan fingerprint density at radius 2 is 1.85 bits per heavy atom. The fourth-order valence-corrected chi connectivity index (χ4v) is 2.58. The van der Waals surface area contributed by atoms with Gasteiger partial charge in [0.05, 0.1) is 13.3 Å². The number of ether oxygens (including phenoxy) is 2. The molecule has 2 rings (SSSR count). The Morgan fingerprint density at radius 3 is 2.41 bits per heavy atom. The summed E-state index contributed by atoms with van der Waals surface area (Å²) in [5, 5.41) is 14.0. The van der Waals surface area contributed by atoms with Crippen LogP contribution in [0.4, 0.5) is 4.79 Å². The van der Waals surface area contributed by atoms with Gasteiger partial charge in [-0.15, -0.1) is 0 Å². The van der Waals surface area contributed by atoms with Crippen LogP contribution in [0, 0.1) is 0 Å². The van der Waals surface area contributed by atoms with Crippen LogP contribution in [-0.4, -0.2) is 75.6 Å². The molecule has 0 bridgehead atoms. The number of carbonyl (C=O) groups excluding carboxylic acids is 2. The van der Waals surface area contributed by atoms with Crippen LogP contribution in [0.15, 0.2) is 11.0 Å². The first-order valence-electron chi connectivity index (χ1n) is 8.66. The lowest BCUT2D eigenvalue weighted by molar-refractivity contribution is -0.141. The van der Waals surface area contributed by atoms with Crippen LogP contribution >= 0.6 is 0 Å². The summed E-state index contributed by atoms with van der Waals surface area (Å²) in [4.78, 5) is 39.1. The Kier molecular flexibility index (Phi) is 6.42. The molecule has 0 unspecified atom stereocenters. The van der Waals surface area contributed by atoms with Crippen molar-refractivity contribution in [2.24, 2.45) is 0 Å². The quantitative estimate of drug-likeness (QED) is 0.733. The molecule has 0 atom stereocenters. The molecule has 0 saturated carbocycles. The molecule has 2 heterocycles. The number of hydrogen-bond acceptors (Lipinski definition) is 8. The van der Waals surface area contributed by atoms with E-state index in [1.807, 2.05) is 25.7 Å². The number of carbonyl (C=O) groups is 2. The molecule has 0 aromatic carbocycles. The van der Waals surface area contributed by atoms with Crippen molar-refractivity contribution in [2.45, 2.75) is 39.5 Å². The standard InChI is InChI=1S/C17H26N4O6/c1-17(2,3)27-16(25)20-7-5-19(6-8-20)10-12-9-18-21(11-13(22)26-4)15(24)14(12)23/h9,23H,5-8,10-11H2,1-4H3. The van der Waals surface area contributed by atoms with E-state index in [4.69, 9.17) is 4.74 Å². The molecule has 0 spiro atoms. The van der Waals surface area contributed by atoms with E-state index in [1.165, 1.54) is 13.3 Å². The number of amides is 1. The highest BCUT2D eigenvalue weighted by Gasteiger charge is 2.26. The van der Waals surface area contributed by atoms with E-state index in [0.717, 1.165) is 4.68 Å². The first-order chi connectivity index (χ1) is 12.6. The van der Waals surface area contributed by atoms with Gasteiger partial charge in [0.15, 0.2) is 5.75 Å². The highest BCUT2D eigenvalue weighted by atomic mass is 16.6. The number of rotatable bonds is 4. The SMILES string of the molecule is COC(=O)Cn1ncc(CN2CCN(C(=O)OC(C)(C)C)CC2)c(O)c1=O. The van der Waals surface area contributed by atoms with Crippen LogP contribution in [-0.2, 0) is 27.4 Å². The third-order valence-electron chi connectivity index (χ3n) is 4.02. The zero-order chi connectivity index (χ0) is 20.2. The van der Waals surface area contributed by atoms with E-state index in [9.17, 15) is 19.5 Å². The Balaban J connectivity index is 1.95. The van der Waals surface area contributed by atoms with Gasteiger partial charge in [0.25, 0.3) is 0 Å². The highest BCUT2D eigenvalue weighted by Crippen LogP contribution is 2.16. The number of nitrogens with zero attached hydrogens (tertiary/aromatic N) is 4. The molecule has 1 N–H and O–H groups in total. The maximum atomic E-state index is 12.1. The summed E-state index contributed by atoms with van der Waals surface area (Å²) < 4.78 is 10.7. The molecule has 1 fully saturated rings. The van der Waals surface area contributed by atoms with Gasteiger partial charge >= 0.3 is 17.6 Å². The van der Waals surface area contributed by atoms with Gasteiger partial charge in [0.2, 0.25) is 0 Å². The van der Waals surface area contributed by atoms with E-state index in [1.54, 1.807) is 4.90 Å². The van der Waals surface area contributed by atoms with Crippen LogP contribution in [0.2, 0.25) is 0 Å². The minimum atomic E-state index is -0.745. The van der Waals surface area contributed by atoms with Gasteiger partial charge in [-0.3, -0.25) is 14.5 Å². The molecule has 1 amide bonds. The summed E-state index contributed by atoms with van der Waals surface area (Å²) >= 11 is 0. The number of aromatic hydroxyl groups is 1. The van der Waals surface area contributed by atoms with Crippen molar-refractivity contribution < 1.29 is 24.2 Å². The summed E-state index contributed by atoms with van der Waals surface area (Å²) in [5.74, 6) is -1.07. The van der Waals surface area contributed by atoms with Gasteiger partial charge in [0, 0.05) is 38.3 Å². The summed E-state index contributed by atoms with van der Waals surface area (Å²) in [5.41, 5.74) is -0.920. The molecule has 1 saturated heterocycles. The van der Waals surface area contributed by atoms with Gasteiger partial charge in [-0.2, -0.15) is 5.10 Å². The first kappa shape index (κ1) is 20.7. The molecular formula is C17H26N4O6. The molecule has 10 nitrogen and oxygen atoms in total. The van der Waals surface area contributed by atoms with Crippen molar-refractivity contribution in [3.63, 3.8) is 0 Å². The summed E-state index contributed by atoms with van der Waals surface area (Å²) in [6.45, 7) is 7.53. The average Bonchev–Trinajstić information content (AvgIpc) is 2.60. The fourth-order valence-electron chi connectivity index (χ4n) is 2.58. The summed E-state index contributed by atoms with van der Waals surface area (Å²) in [6, 6.07) is 0. The zero-order valence-corrected chi connectivity index (χ0v) is 16.1. The zero-order valence-electron chi connectivity index (χ0n) is 16.1. The largest absolute Gasteiger partial charge is 0.503 e. The van der Waals surface area contributed by atoms with Gasteiger partial charge in [0.1, 0.15) is 12.1 Å². The number of piperazine rings is 1. The molecular weight excluding hydrogens is 356 g/mol. The third-order valence-corrected chi connectivity index (χ3v) is 4.02. The highest BCUT2D eigenvalue weighted by molar-refractivity contribution is 5.69. The Hall–Kier alpha value is -2.62. The maximum Gasteiger partial charge on any atom is 0.410 e. The lowest BCUT2D eigenvalue weighted by Gasteiger charge is -2.35. The van der Waals surface area contributed by atoms with Crippen molar-refractivity contribution in [2.75, 3.05) is 33.3 Å². The third kappa shape index (κ3) is 5.68. The first-order valence-corrected chi connectivity index (χ1v) is 8.66. The maximum absolute atomic E-state index is 12.1. The van der Waals surface area contributed by atoms with Crippen molar-refractivity contribution in [3.05, 3.63) is 22.1 Å². The monoisotopic (exact) mass is 382 g/mol. The van der Waals surface area contributed by atoms with E-state index < -0.39 is 22.9 Å². The molecule has 1 aliphatic rings. The second kappa shape index (κ2) is 8.38. The molecule has 0 aliphatic carbocycles. The minimum absolute atomic E-state index is 0.315. The Morgan fingerprint density at radius 1 is 1.22 bits per heavy atom. The predicted octanol–water partition coefficient (Wildman–Crippen LogP) is 0.175. The van der Waals surface area contributed by atoms with Crippen LogP contribution in [0.1, 0.15) is 26.3 Å².